The number of carbonyl (C=O) groups is 2. The van der Waals surface area contributed by atoms with Crippen LogP contribution in [-0.2, 0) is 16.1 Å². The van der Waals surface area contributed by atoms with Crippen molar-refractivity contribution in [2.24, 2.45) is 17.8 Å². The summed E-state index contributed by atoms with van der Waals surface area (Å²) in [6, 6.07) is 9.14. The molecule has 3 rings (SSSR count). The predicted molar refractivity (Wildman–Crippen MR) is 75.5 cm³/mol. The quantitative estimate of drug-likeness (QED) is 0.892. The third-order valence-corrected chi connectivity index (χ3v) is 4.70. The SMILES string of the molecule is O=C(N[C@H]1[C@@H]2CC[C@@H](C2)[C@H]1C(=O)O)OCc1ccccc1. The van der Waals surface area contributed by atoms with E-state index < -0.39 is 18.0 Å². The number of fused-ring (bicyclic) bond motifs is 2. The average molecular weight is 289 g/mol. The van der Waals surface area contributed by atoms with E-state index in [1.165, 1.54) is 0 Å². The maximum Gasteiger partial charge on any atom is 0.407 e. The van der Waals surface area contributed by atoms with Gasteiger partial charge in [-0.2, -0.15) is 0 Å². The molecule has 2 fully saturated rings. The summed E-state index contributed by atoms with van der Waals surface area (Å²) in [6.45, 7) is 0.200. The second kappa shape index (κ2) is 5.76. The number of alkyl carbamates (subject to hydrolysis) is 1. The van der Waals surface area contributed by atoms with Gasteiger partial charge in [0.25, 0.3) is 0 Å². The molecule has 0 saturated heterocycles. The minimum absolute atomic E-state index is 0.200. The van der Waals surface area contributed by atoms with Gasteiger partial charge in [0, 0.05) is 6.04 Å². The van der Waals surface area contributed by atoms with Gasteiger partial charge in [-0.3, -0.25) is 4.79 Å². The Hall–Kier alpha value is -2.04. The predicted octanol–water partition coefficient (Wildman–Crippen LogP) is 2.41. The topological polar surface area (TPSA) is 75.6 Å². The van der Waals surface area contributed by atoms with Crippen LogP contribution >= 0.6 is 0 Å². The fourth-order valence-electron chi connectivity index (χ4n) is 3.76. The third kappa shape index (κ3) is 2.86. The number of benzene rings is 1. The molecular weight excluding hydrogens is 270 g/mol. The Morgan fingerprint density at radius 1 is 1.19 bits per heavy atom. The molecule has 2 N–H and O–H groups in total. The van der Waals surface area contributed by atoms with Crippen molar-refractivity contribution in [2.75, 3.05) is 0 Å². The highest BCUT2D eigenvalue weighted by Crippen LogP contribution is 2.48. The van der Waals surface area contributed by atoms with Crippen LogP contribution in [0, 0.1) is 17.8 Å². The third-order valence-electron chi connectivity index (χ3n) is 4.70. The van der Waals surface area contributed by atoms with Crippen LogP contribution in [0.3, 0.4) is 0 Å². The van der Waals surface area contributed by atoms with Gasteiger partial charge in [0.2, 0.25) is 0 Å². The molecule has 1 amide bonds. The van der Waals surface area contributed by atoms with Crippen LogP contribution in [0.1, 0.15) is 24.8 Å². The van der Waals surface area contributed by atoms with Crippen molar-refractivity contribution in [3.63, 3.8) is 0 Å². The first kappa shape index (κ1) is 13.9. The summed E-state index contributed by atoms with van der Waals surface area (Å²) in [4.78, 5) is 23.3. The van der Waals surface area contributed by atoms with E-state index >= 15 is 0 Å². The number of rotatable bonds is 4. The van der Waals surface area contributed by atoms with Gasteiger partial charge < -0.3 is 15.2 Å². The molecule has 5 nitrogen and oxygen atoms in total. The molecule has 2 aliphatic carbocycles. The van der Waals surface area contributed by atoms with Gasteiger partial charge in [-0.25, -0.2) is 4.79 Å². The van der Waals surface area contributed by atoms with Crippen molar-refractivity contribution in [1.82, 2.24) is 5.32 Å². The number of amides is 1. The summed E-state index contributed by atoms with van der Waals surface area (Å²) in [7, 11) is 0. The maximum atomic E-state index is 11.9. The van der Waals surface area contributed by atoms with Crippen LogP contribution in [0.2, 0.25) is 0 Å². The Labute approximate surface area is 123 Å². The van der Waals surface area contributed by atoms with Gasteiger partial charge in [0.15, 0.2) is 0 Å². The molecule has 21 heavy (non-hydrogen) atoms. The number of carboxylic acids is 1. The standard InChI is InChI=1S/C16H19NO4/c18-15(19)13-11-6-7-12(8-11)14(13)17-16(20)21-9-10-4-2-1-3-5-10/h1-5,11-14H,6-9H2,(H,17,20)(H,18,19)/t11-,12+,13+,14-/m0/s1. The van der Waals surface area contributed by atoms with E-state index in [1.54, 1.807) is 0 Å². The Morgan fingerprint density at radius 2 is 1.90 bits per heavy atom. The summed E-state index contributed by atoms with van der Waals surface area (Å²) >= 11 is 0. The number of aliphatic carboxylic acids is 1. The molecule has 1 aromatic carbocycles. The lowest BCUT2D eigenvalue weighted by atomic mass is 9.84. The second-order valence-electron chi connectivity index (χ2n) is 5.93. The molecule has 0 aliphatic heterocycles. The highest BCUT2D eigenvalue weighted by atomic mass is 16.5. The molecule has 0 unspecified atom stereocenters. The van der Waals surface area contributed by atoms with Gasteiger partial charge >= 0.3 is 12.1 Å². The molecule has 0 heterocycles. The molecule has 2 aliphatic rings. The van der Waals surface area contributed by atoms with Crippen molar-refractivity contribution in [1.29, 1.82) is 0 Å². The summed E-state index contributed by atoms with van der Waals surface area (Å²) in [5.74, 6) is -0.795. The van der Waals surface area contributed by atoms with Crippen LogP contribution in [-0.4, -0.2) is 23.2 Å². The zero-order chi connectivity index (χ0) is 14.8. The van der Waals surface area contributed by atoms with E-state index in [1.807, 2.05) is 30.3 Å². The second-order valence-corrected chi connectivity index (χ2v) is 5.93. The fourth-order valence-corrected chi connectivity index (χ4v) is 3.76. The largest absolute Gasteiger partial charge is 0.481 e. The number of nitrogens with one attached hydrogen (secondary N) is 1. The molecule has 2 saturated carbocycles. The number of hydrogen-bond acceptors (Lipinski definition) is 3. The smallest absolute Gasteiger partial charge is 0.407 e. The summed E-state index contributed by atoms with van der Waals surface area (Å²) in [6.07, 6.45) is 2.33. The fraction of sp³-hybridized carbons (Fsp3) is 0.500. The molecule has 0 spiro atoms. The molecule has 0 aromatic heterocycles. The number of carboxylic acid groups (broad SMARTS) is 1. The number of hydrogen-bond donors (Lipinski definition) is 2. The van der Waals surface area contributed by atoms with Gasteiger partial charge in [0.05, 0.1) is 5.92 Å². The summed E-state index contributed by atoms with van der Waals surface area (Å²) in [5.41, 5.74) is 0.912. The molecule has 112 valence electrons. The Kier molecular flexibility index (Phi) is 3.82. The molecule has 0 radical (unpaired) electrons. The zero-order valence-electron chi connectivity index (χ0n) is 11.7. The highest BCUT2D eigenvalue weighted by Gasteiger charge is 2.51. The van der Waals surface area contributed by atoms with Gasteiger partial charge in [-0.05, 0) is 36.7 Å². The average Bonchev–Trinajstić information content (AvgIpc) is 3.07. The monoisotopic (exact) mass is 289 g/mol. The highest BCUT2D eigenvalue weighted by molar-refractivity contribution is 5.74. The lowest BCUT2D eigenvalue weighted by Gasteiger charge is -2.28. The molecule has 5 heteroatoms. The van der Waals surface area contributed by atoms with Crippen molar-refractivity contribution in [2.45, 2.75) is 31.9 Å². The summed E-state index contributed by atoms with van der Waals surface area (Å²) in [5, 5.41) is 12.1. The van der Waals surface area contributed by atoms with Gasteiger partial charge in [-0.1, -0.05) is 30.3 Å². The van der Waals surface area contributed by atoms with Crippen LogP contribution in [0.5, 0.6) is 0 Å². The Bertz CT molecular complexity index is 530. The molecular formula is C16H19NO4. The van der Waals surface area contributed by atoms with E-state index in [9.17, 15) is 14.7 Å². The van der Waals surface area contributed by atoms with E-state index in [0.717, 1.165) is 24.8 Å². The van der Waals surface area contributed by atoms with Crippen molar-refractivity contribution in [3.8, 4) is 0 Å². The minimum atomic E-state index is -0.810. The first-order valence-corrected chi connectivity index (χ1v) is 7.35. The van der Waals surface area contributed by atoms with Crippen molar-refractivity contribution < 1.29 is 19.4 Å². The Balaban J connectivity index is 1.56. The molecule has 4 atom stereocenters. The van der Waals surface area contributed by atoms with Crippen molar-refractivity contribution >= 4 is 12.1 Å². The maximum absolute atomic E-state index is 11.9. The molecule has 2 bridgehead atoms. The van der Waals surface area contributed by atoms with Crippen LogP contribution in [0.25, 0.3) is 0 Å². The first-order chi connectivity index (χ1) is 10.1. The zero-order valence-corrected chi connectivity index (χ0v) is 11.7. The normalized spacial score (nSPS) is 30.1. The minimum Gasteiger partial charge on any atom is -0.481 e. The van der Waals surface area contributed by atoms with E-state index in [4.69, 9.17) is 4.74 Å². The van der Waals surface area contributed by atoms with Crippen LogP contribution in [0.4, 0.5) is 4.79 Å². The van der Waals surface area contributed by atoms with E-state index in [0.29, 0.717) is 0 Å². The van der Waals surface area contributed by atoms with E-state index in [-0.39, 0.29) is 24.5 Å². The Morgan fingerprint density at radius 3 is 2.62 bits per heavy atom. The number of ether oxygens (including phenoxy) is 1. The molecule has 1 aromatic rings. The first-order valence-electron chi connectivity index (χ1n) is 7.35. The van der Waals surface area contributed by atoms with Crippen LogP contribution in [0.15, 0.2) is 30.3 Å². The lowest BCUT2D eigenvalue weighted by molar-refractivity contribution is -0.144. The van der Waals surface area contributed by atoms with Crippen molar-refractivity contribution in [3.05, 3.63) is 35.9 Å². The number of carbonyl (C=O) groups excluding carboxylic acids is 1. The van der Waals surface area contributed by atoms with Crippen LogP contribution < -0.4 is 5.32 Å². The lowest BCUT2D eigenvalue weighted by Crippen LogP contribution is -2.46. The van der Waals surface area contributed by atoms with Gasteiger partial charge in [-0.15, -0.1) is 0 Å². The van der Waals surface area contributed by atoms with Gasteiger partial charge in [0.1, 0.15) is 6.61 Å². The van der Waals surface area contributed by atoms with E-state index in [2.05, 4.69) is 5.32 Å². The summed E-state index contributed by atoms with van der Waals surface area (Å²) < 4.78 is 5.18.